The van der Waals surface area contributed by atoms with Crippen LogP contribution in [0.5, 0.6) is 80.5 Å². The Bertz CT molecular complexity index is 2900. The predicted molar refractivity (Wildman–Crippen MR) is 221 cm³/mol. The summed E-state index contributed by atoms with van der Waals surface area (Å²) in [6, 6.07) is 0. The molecule has 2 aliphatic rings. The predicted octanol–water partition coefficient (Wildman–Crippen LogP) is -1.63. The van der Waals surface area contributed by atoms with Crippen LogP contribution in [0.15, 0.2) is 11.5 Å². The van der Waals surface area contributed by atoms with E-state index in [0.29, 0.717) is 9.13 Å². The van der Waals surface area contributed by atoms with Crippen molar-refractivity contribution >= 4 is 67.5 Å². The van der Waals surface area contributed by atoms with Gasteiger partial charge in [0.15, 0.2) is 57.5 Å². The molecule has 4 aromatic carbocycles. The highest BCUT2D eigenvalue weighted by molar-refractivity contribution is 6.45. The first-order valence-electron chi connectivity index (χ1n) is 18.1. The zero-order valence-electron chi connectivity index (χ0n) is 32.1. The van der Waals surface area contributed by atoms with Crippen molar-refractivity contribution in [2.45, 2.75) is 25.2 Å². The molecule has 320 valence electrons. The van der Waals surface area contributed by atoms with Crippen LogP contribution in [0.3, 0.4) is 0 Å². The molecule has 22 nitrogen and oxygen atoms in total. The highest BCUT2D eigenvalue weighted by atomic mass is 16.4. The van der Waals surface area contributed by atoms with Gasteiger partial charge in [-0.15, -0.1) is 0 Å². The van der Waals surface area contributed by atoms with Crippen LogP contribution in [-0.4, -0.2) is 141 Å². The minimum Gasteiger partial charge on any atom is -0.512 e. The fraction of sp³-hybridized carbons (Fsp3) is 0.135. The maximum atomic E-state index is 12.3. The SMILES string of the molecule is BC1=C(O)C(C)C(O)c2c1c1c(O)c(-c3c(O)c(B)c4c(c3O)c3c(n4-c4c(O)c(O)c(O)c(O)c4O)C(O)C(O)C(O)=C3O)c(O)c(O)c1n2-c1c(O)c(O)c(B)c(O)c1O. The molecule has 2 aliphatic carbocycles. The van der Waals surface area contributed by atoms with E-state index >= 15 is 0 Å². The Morgan fingerprint density at radius 3 is 1.31 bits per heavy atom. The Labute approximate surface area is 346 Å². The van der Waals surface area contributed by atoms with Gasteiger partial charge >= 0.3 is 0 Å². The lowest BCUT2D eigenvalue weighted by Crippen LogP contribution is -2.28. The highest BCUT2D eigenvalue weighted by Gasteiger charge is 2.45. The number of aromatic hydroxyl groups is 14. The average Bonchev–Trinajstić information content (AvgIpc) is 3.78. The standard InChI is InChI=1S/C37H33B3N2O20/c1-2-18(43)9(38)3-4-14(42(13(3)19(2)44)16-29(54)25(50)11(40)26(51)30(16)55)27(52)24(49)8(20(4)45)7-21(46)5-6-15(28(53)34(59)33(58)23(6)48)41(12(5)10(39)22(7)47)17-31(56)35(60)37(62)36(61)32(17)57/h2,19,28,34,43-62H,38-40H2,1H3. The topological polar surface area (TPSA) is 414 Å². The van der Waals surface area contributed by atoms with Gasteiger partial charge in [-0.05, 0) is 10.9 Å². The third-order valence-corrected chi connectivity index (χ3v) is 11.9. The summed E-state index contributed by atoms with van der Waals surface area (Å²) in [5.74, 6) is -22.1. The first-order valence-corrected chi connectivity index (χ1v) is 18.1. The zero-order chi connectivity index (χ0) is 45.9. The summed E-state index contributed by atoms with van der Waals surface area (Å²) in [6.45, 7) is 1.35. The molecule has 4 atom stereocenters. The third kappa shape index (κ3) is 4.60. The molecule has 62 heavy (non-hydrogen) atoms. The van der Waals surface area contributed by atoms with E-state index in [0.717, 1.165) is 15.7 Å². The number of hydrogen-bond donors (Lipinski definition) is 20. The van der Waals surface area contributed by atoms with Gasteiger partial charge in [0.2, 0.25) is 17.2 Å². The Hall–Kier alpha value is -7.89. The van der Waals surface area contributed by atoms with E-state index in [9.17, 15) is 102 Å². The number of nitrogens with zero attached hydrogens (tertiary/aromatic N) is 2. The number of rotatable bonds is 3. The lowest BCUT2D eigenvalue weighted by atomic mass is 9.75. The molecule has 0 saturated carbocycles. The molecule has 0 aliphatic heterocycles. The zero-order valence-corrected chi connectivity index (χ0v) is 32.1. The van der Waals surface area contributed by atoms with Crippen LogP contribution in [0, 0.1) is 5.92 Å². The molecule has 2 aromatic heterocycles. The molecular formula is C37H33B3N2O20. The van der Waals surface area contributed by atoms with Crippen molar-refractivity contribution in [3.05, 3.63) is 34.0 Å². The highest BCUT2D eigenvalue weighted by Crippen LogP contribution is 2.62. The van der Waals surface area contributed by atoms with Crippen LogP contribution in [0.1, 0.15) is 41.6 Å². The van der Waals surface area contributed by atoms with Crippen molar-refractivity contribution in [3.8, 4) is 103 Å². The van der Waals surface area contributed by atoms with Crippen LogP contribution in [0.2, 0.25) is 0 Å². The second-order valence-electron chi connectivity index (χ2n) is 15.1. The lowest BCUT2D eigenvalue weighted by molar-refractivity contribution is 0.00927. The van der Waals surface area contributed by atoms with Crippen molar-refractivity contribution in [3.63, 3.8) is 0 Å². The smallest absolute Gasteiger partial charge is 0.208 e. The van der Waals surface area contributed by atoms with E-state index in [-0.39, 0.29) is 11.0 Å². The summed E-state index contributed by atoms with van der Waals surface area (Å²) in [7, 11) is 3.46. The monoisotopic (exact) mass is 858 g/mol. The normalized spacial score (nSPS) is 18.8. The van der Waals surface area contributed by atoms with Gasteiger partial charge in [-0.3, -0.25) is 4.57 Å². The van der Waals surface area contributed by atoms with E-state index in [2.05, 4.69) is 0 Å². The van der Waals surface area contributed by atoms with Crippen molar-refractivity contribution in [2.75, 3.05) is 0 Å². The Morgan fingerprint density at radius 2 is 0.790 bits per heavy atom. The molecule has 0 saturated heterocycles. The lowest BCUT2D eigenvalue weighted by Gasteiger charge is -2.29. The van der Waals surface area contributed by atoms with Gasteiger partial charge in [0.05, 0.1) is 50.1 Å². The van der Waals surface area contributed by atoms with Crippen LogP contribution in [0.25, 0.3) is 55.5 Å². The quantitative estimate of drug-likeness (QED) is 0.0540. The minimum atomic E-state index is -2.38. The molecule has 6 aromatic rings. The average molecular weight is 858 g/mol. The van der Waals surface area contributed by atoms with E-state index in [1.807, 2.05) is 0 Å². The van der Waals surface area contributed by atoms with E-state index < -0.39 is 194 Å². The summed E-state index contributed by atoms with van der Waals surface area (Å²) in [5, 5.41) is 222. The molecule has 0 bridgehead atoms. The van der Waals surface area contributed by atoms with E-state index in [1.54, 1.807) is 0 Å². The first kappa shape index (κ1) is 40.9. The number of fused-ring (bicyclic) bond motifs is 6. The molecule has 2 heterocycles. The molecule has 20 N–H and O–H groups in total. The van der Waals surface area contributed by atoms with Crippen molar-refractivity contribution in [1.29, 1.82) is 0 Å². The van der Waals surface area contributed by atoms with Gasteiger partial charge < -0.3 is 107 Å². The van der Waals surface area contributed by atoms with Crippen molar-refractivity contribution in [1.82, 2.24) is 9.13 Å². The second-order valence-corrected chi connectivity index (χ2v) is 15.1. The van der Waals surface area contributed by atoms with Crippen LogP contribution in [-0.2, 0) is 0 Å². The second kappa shape index (κ2) is 12.8. The molecule has 0 radical (unpaired) electrons. The van der Waals surface area contributed by atoms with Gasteiger partial charge in [-0.1, -0.05) is 6.92 Å². The first-order chi connectivity index (χ1) is 28.9. The molecule has 25 heteroatoms. The van der Waals surface area contributed by atoms with E-state index in [4.69, 9.17) is 0 Å². The van der Waals surface area contributed by atoms with Gasteiger partial charge in [0, 0.05) is 16.9 Å². The summed E-state index contributed by atoms with van der Waals surface area (Å²) in [5.41, 5.74) is -9.05. The molecule has 0 fully saturated rings. The fourth-order valence-corrected chi connectivity index (χ4v) is 8.67. The maximum Gasteiger partial charge on any atom is 0.208 e. The van der Waals surface area contributed by atoms with Gasteiger partial charge in [-0.2, -0.15) is 0 Å². The number of phenols is 14. The summed E-state index contributed by atoms with van der Waals surface area (Å²) in [4.78, 5) is 0. The van der Waals surface area contributed by atoms with Gasteiger partial charge in [0.25, 0.3) is 0 Å². The van der Waals surface area contributed by atoms with Gasteiger partial charge in [-0.25, -0.2) is 0 Å². The number of aromatic nitrogens is 2. The summed E-state index contributed by atoms with van der Waals surface area (Å²) >= 11 is 0. The summed E-state index contributed by atoms with van der Waals surface area (Å²) in [6.07, 6.45) is -6.61. The Kier molecular flexibility index (Phi) is 8.45. The third-order valence-electron chi connectivity index (χ3n) is 11.9. The van der Waals surface area contributed by atoms with E-state index in [1.165, 1.54) is 14.8 Å². The number of hydrogen-bond acceptors (Lipinski definition) is 20. The van der Waals surface area contributed by atoms with Crippen molar-refractivity contribution < 1.29 is 102 Å². The number of aliphatic hydroxyl groups excluding tert-OH is 6. The molecule has 4 unspecified atom stereocenters. The Balaban J connectivity index is 1.60. The number of benzene rings is 4. The van der Waals surface area contributed by atoms with Crippen LogP contribution >= 0.6 is 0 Å². The molecular weight excluding hydrogens is 825 g/mol. The van der Waals surface area contributed by atoms with Crippen molar-refractivity contribution in [2.24, 2.45) is 5.92 Å². The summed E-state index contributed by atoms with van der Waals surface area (Å²) < 4.78 is 1.19. The van der Waals surface area contributed by atoms with Gasteiger partial charge in [0.1, 0.15) is 76.0 Å². The molecule has 0 spiro atoms. The van der Waals surface area contributed by atoms with Crippen LogP contribution in [0.4, 0.5) is 0 Å². The minimum absolute atomic E-state index is 0.128. The van der Waals surface area contributed by atoms with Crippen LogP contribution < -0.4 is 10.9 Å². The maximum absolute atomic E-state index is 12.3. The molecule has 8 rings (SSSR count). The number of phenolic OH excluding ortho intramolecular Hbond substituents is 14. The Morgan fingerprint density at radius 1 is 0.371 bits per heavy atom. The fourth-order valence-electron chi connectivity index (χ4n) is 8.67. The molecule has 0 amide bonds. The largest absolute Gasteiger partial charge is 0.512 e. The number of aliphatic hydroxyl groups is 6.